The third-order valence-corrected chi connectivity index (χ3v) is 4.30. The maximum atomic E-state index is 12.4. The number of nitrogens with zero attached hydrogens (tertiary/aromatic N) is 4. The number of hydrogen-bond donors (Lipinski definition) is 1. The summed E-state index contributed by atoms with van der Waals surface area (Å²) in [5.41, 5.74) is 0.677. The molecule has 2 heterocycles. The summed E-state index contributed by atoms with van der Waals surface area (Å²) in [5.74, 6) is 0. The maximum absolute atomic E-state index is 12.4. The molecular formula is C16H29N5O. The summed E-state index contributed by atoms with van der Waals surface area (Å²) < 4.78 is 1.87. The van der Waals surface area contributed by atoms with E-state index in [1.165, 1.54) is 0 Å². The molecule has 1 aliphatic rings. The maximum Gasteiger partial charge on any atom is 0.321 e. The van der Waals surface area contributed by atoms with Crippen LogP contribution in [-0.4, -0.2) is 57.8 Å². The summed E-state index contributed by atoms with van der Waals surface area (Å²) in [6, 6.07) is 0.459. The van der Waals surface area contributed by atoms with Crippen LogP contribution in [0, 0.1) is 0 Å². The summed E-state index contributed by atoms with van der Waals surface area (Å²) >= 11 is 0. The van der Waals surface area contributed by atoms with Crippen LogP contribution in [0.25, 0.3) is 0 Å². The zero-order valence-corrected chi connectivity index (χ0v) is 14.5. The quantitative estimate of drug-likeness (QED) is 0.930. The number of anilines is 1. The van der Waals surface area contributed by atoms with Crippen LogP contribution in [0.5, 0.6) is 0 Å². The zero-order valence-electron chi connectivity index (χ0n) is 14.5. The fourth-order valence-corrected chi connectivity index (χ4v) is 2.92. The van der Waals surface area contributed by atoms with Gasteiger partial charge in [-0.2, -0.15) is 5.10 Å². The Balaban J connectivity index is 1.92. The fourth-order valence-electron chi connectivity index (χ4n) is 2.92. The lowest BCUT2D eigenvalue weighted by Crippen LogP contribution is -2.39. The molecule has 124 valence electrons. The summed E-state index contributed by atoms with van der Waals surface area (Å²) in [4.78, 5) is 16.7. The second-order valence-electron chi connectivity index (χ2n) is 6.88. The van der Waals surface area contributed by atoms with Crippen LogP contribution in [0.15, 0.2) is 12.4 Å². The topological polar surface area (TPSA) is 53.4 Å². The van der Waals surface area contributed by atoms with E-state index in [1.807, 2.05) is 15.8 Å². The van der Waals surface area contributed by atoms with Gasteiger partial charge in [0.25, 0.3) is 0 Å². The number of carbonyl (C=O) groups excluding carboxylic acids is 1. The highest BCUT2D eigenvalue weighted by molar-refractivity contribution is 5.89. The number of rotatable bonds is 4. The minimum absolute atomic E-state index is 0.0249. The number of carbonyl (C=O) groups is 1. The van der Waals surface area contributed by atoms with Crippen LogP contribution in [0.4, 0.5) is 10.5 Å². The number of nitrogens with one attached hydrogen (secondary N) is 1. The van der Waals surface area contributed by atoms with Gasteiger partial charge >= 0.3 is 6.03 Å². The summed E-state index contributed by atoms with van der Waals surface area (Å²) in [7, 11) is 0. The van der Waals surface area contributed by atoms with Crippen molar-refractivity contribution >= 4 is 11.7 Å². The molecule has 1 N–H and O–H groups in total. The van der Waals surface area contributed by atoms with E-state index in [9.17, 15) is 4.79 Å². The molecule has 0 radical (unpaired) electrons. The van der Waals surface area contributed by atoms with E-state index in [0.29, 0.717) is 6.04 Å². The summed E-state index contributed by atoms with van der Waals surface area (Å²) in [6.45, 7) is 14.3. The average Bonchev–Trinajstić information content (AvgIpc) is 3.08. The third kappa shape index (κ3) is 3.80. The Hall–Kier alpha value is -1.56. The molecule has 0 aliphatic carbocycles. The Morgan fingerprint density at radius 1 is 1.41 bits per heavy atom. The van der Waals surface area contributed by atoms with Gasteiger partial charge in [-0.25, -0.2) is 4.79 Å². The Bertz CT molecular complexity index is 501. The molecule has 1 fully saturated rings. The van der Waals surface area contributed by atoms with Crippen molar-refractivity contribution in [3.05, 3.63) is 12.4 Å². The molecule has 1 saturated heterocycles. The largest absolute Gasteiger partial charge is 0.323 e. The molecule has 1 aromatic rings. The third-order valence-electron chi connectivity index (χ3n) is 4.30. The second kappa shape index (κ2) is 6.69. The molecule has 2 amide bonds. The Kier molecular flexibility index (Phi) is 5.11. The molecule has 2 rings (SSSR count). The van der Waals surface area contributed by atoms with E-state index in [2.05, 4.69) is 49.9 Å². The highest BCUT2D eigenvalue weighted by atomic mass is 16.2. The van der Waals surface area contributed by atoms with Gasteiger partial charge in [0.05, 0.1) is 17.4 Å². The van der Waals surface area contributed by atoms with Crippen molar-refractivity contribution in [1.29, 1.82) is 0 Å². The van der Waals surface area contributed by atoms with Gasteiger partial charge in [-0.3, -0.25) is 9.58 Å². The lowest BCUT2D eigenvalue weighted by molar-refractivity contribution is 0.202. The van der Waals surface area contributed by atoms with Crippen molar-refractivity contribution < 1.29 is 4.79 Å². The molecule has 0 aromatic carbocycles. The van der Waals surface area contributed by atoms with E-state index in [1.54, 1.807) is 6.20 Å². The fraction of sp³-hybridized carbons (Fsp3) is 0.750. The number of urea groups is 1. The van der Waals surface area contributed by atoms with Gasteiger partial charge in [-0.15, -0.1) is 0 Å². The van der Waals surface area contributed by atoms with E-state index in [-0.39, 0.29) is 11.6 Å². The summed E-state index contributed by atoms with van der Waals surface area (Å²) in [6.07, 6.45) is 4.65. The minimum atomic E-state index is -0.0789. The molecule has 1 unspecified atom stereocenters. The van der Waals surface area contributed by atoms with Gasteiger partial charge in [-0.1, -0.05) is 13.8 Å². The first kappa shape index (κ1) is 16.8. The van der Waals surface area contributed by atoms with Gasteiger partial charge in [0.15, 0.2) is 0 Å². The van der Waals surface area contributed by atoms with Crippen LogP contribution < -0.4 is 5.32 Å². The number of likely N-dealkylation sites (N-methyl/N-ethyl adjacent to an activating group) is 1. The number of aromatic nitrogens is 2. The standard InChI is InChI=1S/C16H29N5O/c1-6-19(7-2)14-8-9-20(12-14)15(22)18-13-10-17-21(11-13)16(3,4)5/h10-11,14H,6-9,12H2,1-5H3,(H,18,22). The van der Waals surface area contributed by atoms with Crippen molar-refractivity contribution in [2.24, 2.45) is 0 Å². The minimum Gasteiger partial charge on any atom is -0.323 e. The molecule has 1 aromatic heterocycles. The predicted octanol–water partition coefficient (Wildman–Crippen LogP) is 2.59. The molecule has 0 spiro atoms. The van der Waals surface area contributed by atoms with Gasteiger partial charge in [0.2, 0.25) is 0 Å². The van der Waals surface area contributed by atoms with E-state index in [0.717, 1.165) is 38.3 Å². The van der Waals surface area contributed by atoms with Crippen molar-refractivity contribution in [3.63, 3.8) is 0 Å². The molecule has 0 saturated carbocycles. The first-order valence-corrected chi connectivity index (χ1v) is 8.20. The molecule has 0 bridgehead atoms. The number of likely N-dealkylation sites (tertiary alicyclic amines) is 1. The molecule has 1 atom stereocenters. The molecule has 6 heteroatoms. The van der Waals surface area contributed by atoms with Gasteiger partial charge in [0.1, 0.15) is 0 Å². The van der Waals surface area contributed by atoms with Crippen molar-refractivity contribution in [2.75, 3.05) is 31.5 Å². The van der Waals surface area contributed by atoms with Gasteiger partial charge in [-0.05, 0) is 40.3 Å². The number of hydrogen-bond acceptors (Lipinski definition) is 3. The van der Waals surface area contributed by atoms with Crippen LogP contribution >= 0.6 is 0 Å². The lowest BCUT2D eigenvalue weighted by atomic mass is 10.1. The lowest BCUT2D eigenvalue weighted by Gasteiger charge is -2.26. The molecule has 6 nitrogen and oxygen atoms in total. The second-order valence-corrected chi connectivity index (χ2v) is 6.88. The van der Waals surface area contributed by atoms with Gasteiger partial charge in [0, 0.05) is 25.3 Å². The monoisotopic (exact) mass is 307 g/mol. The highest BCUT2D eigenvalue weighted by Crippen LogP contribution is 2.19. The van der Waals surface area contributed by atoms with Crippen LogP contribution in [-0.2, 0) is 5.54 Å². The average molecular weight is 307 g/mol. The highest BCUT2D eigenvalue weighted by Gasteiger charge is 2.29. The Morgan fingerprint density at radius 3 is 2.64 bits per heavy atom. The van der Waals surface area contributed by atoms with Gasteiger partial charge < -0.3 is 10.2 Å². The Labute approximate surface area is 133 Å². The van der Waals surface area contributed by atoms with Crippen molar-refractivity contribution in [2.45, 2.75) is 52.6 Å². The van der Waals surface area contributed by atoms with Crippen LogP contribution in [0.2, 0.25) is 0 Å². The SMILES string of the molecule is CCN(CC)C1CCN(C(=O)Nc2cnn(C(C)(C)C)c2)C1. The molecule has 1 aliphatic heterocycles. The zero-order chi connectivity index (χ0) is 16.3. The first-order valence-electron chi connectivity index (χ1n) is 8.20. The Morgan fingerprint density at radius 2 is 2.09 bits per heavy atom. The predicted molar refractivity (Wildman–Crippen MR) is 89.1 cm³/mol. The van der Waals surface area contributed by atoms with Crippen LogP contribution in [0.3, 0.4) is 0 Å². The van der Waals surface area contributed by atoms with E-state index < -0.39 is 0 Å². The normalized spacial score (nSPS) is 19.0. The first-order chi connectivity index (χ1) is 10.3. The smallest absolute Gasteiger partial charge is 0.321 e. The molecule has 22 heavy (non-hydrogen) atoms. The number of amides is 2. The van der Waals surface area contributed by atoms with E-state index in [4.69, 9.17) is 0 Å². The summed E-state index contributed by atoms with van der Waals surface area (Å²) in [5, 5.41) is 7.27. The molecular weight excluding hydrogens is 278 g/mol. The van der Waals surface area contributed by atoms with Crippen LogP contribution in [0.1, 0.15) is 41.0 Å². The van der Waals surface area contributed by atoms with Crippen molar-refractivity contribution in [1.82, 2.24) is 19.6 Å². The van der Waals surface area contributed by atoms with E-state index >= 15 is 0 Å². The van der Waals surface area contributed by atoms with Crippen molar-refractivity contribution in [3.8, 4) is 0 Å².